The molecule has 0 unspecified atom stereocenters. The van der Waals surface area contributed by atoms with Gasteiger partial charge in [-0.25, -0.2) is 4.57 Å². The Morgan fingerprint density at radius 3 is 1.67 bits per heavy atom. The average molecular weight is 248 g/mol. The Morgan fingerprint density at radius 1 is 1.00 bits per heavy atom. The van der Waals surface area contributed by atoms with Crippen molar-refractivity contribution in [3.63, 3.8) is 0 Å². The van der Waals surface area contributed by atoms with Gasteiger partial charge in [0, 0.05) is 0 Å². The second-order valence-corrected chi connectivity index (χ2v) is 4.16. The van der Waals surface area contributed by atoms with Gasteiger partial charge < -0.3 is 21.6 Å². The van der Waals surface area contributed by atoms with Crippen LogP contribution in [-0.4, -0.2) is 14.7 Å². The van der Waals surface area contributed by atoms with Crippen LogP contribution in [0.1, 0.15) is 51.9 Å². The molecule has 0 amide bonds. The molecule has 0 fully saturated rings. The summed E-state index contributed by atoms with van der Waals surface area (Å²) in [6.45, 7) is 6.05. The third kappa shape index (κ3) is 51.4. The summed E-state index contributed by atoms with van der Waals surface area (Å²) in [5.41, 5.74) is 0. The summed E-state index contributed by atoms with van der Waals surface area (Å²) in [4.78, 5) is 21.6. The minimum atomic E-state index is -4.64. The molecule has 0 aromatic carbocycles. The van der Waals surface area contributed by atoms with E-state index in [0.717, 1.165) is 6.42 Å². The minimum absolute atomic E-state index is 0. The fourth-order valence-corrected chi connectivity index (χ4v) is 0.957. The van der Waals surface area contributed by atoms with Crippen LogP contribution in [0.3, 0.4) is 0 Å². The van der Waals surface area contributed by atoms with Crippen LogP contribution in [0.15, 0.2) is 0 Å². The maximum atomic E-state index is 8.88. The van der Waals surface area contributed by atoms with Crippen molar-refractivity contribution in [2.24, 2.45) is 0 Å². The zero-order valence-electron chi connectivity index (χ0n) is 9.85. The normalized spacial score (nSPS) is 9.93. The first-order valence-corrected chi connectivity index (χ1v) is 6.55. The number of hydrogen-bond donors (Lipinski definition) is 3. The van der Waals surface area contributed by atoms with Crippen molar-refractivity contribution in [3.05, 3.63) is 6.92 Å². The van der Waals surface area contributed by atoms with Gasteiger partial charge in [0.15, 0.2) is 0 Å². The molecule has 0 atom stereocenters. The Kier molecular flexibility index (Phi) is 21.6. The molecular weight excluding hydrogens is 226 g/mol. The molecular formula is C9H22NaO4P. The summed E-state index contributed by atoms with van der Waals surface area (Å²) in [7, 11) is -4.64. The van der Waals surface area contributed by atoms with E-state index in [2.05, 4.69) is 13.8 Å². The second kappa shape index (κ2) is 15.1. The average Bonchev–Trinajstić information content (AvgIpc) is 2.01. The molecule has 6 heteroatoms. The fourth-order valence-electron chi connectivity index (χ4n) is 0.957. The Morgan fingerprint density at radius 2 is 1.33 bits per heavy atom. The van der Waals surface area contributed by atoms with Gasteiger partial charge in [0.1, 0.15) is 0 Å². The molecule has 0 radical (unpaired) electrons. The topological polar surface area (TPSA) is 77.8 Å². The van der Waals surface area contributed by atoms with Crippen LogP contribution >= 0.6 is 7.82 Å². The third-order valence-corrected chi connectivity index (χ3v) is 1.60. The molecule has 4 nitrogen and oxygen atoms in total. The van der Waals surface area contributed by atoms with Crippen molar-refractivity contribution in [2.45, 2.75) is 51.9 Å². The van der Waals surface area contributed by atoms with E-state index in [9.17, 15) is 0 Å². The van der Waals surface area contributed by atoms with Crippen molar-refractivity contribution in [1.82, 2.24) is 0 Å². The Hall–Kier alpha value is 1.11. The number of phosphoric acid groups is 1. The molecule has 3 N–H and O–H groups in total. The van der Waals surface area contributed by atoms with Gasteiger partial charge in [-0.1, -0.05) is 45.4 Å². The maximum Gasteiger partial charge on any atom is 1.00 e. The molecule has 0 aromatic rings. The van der Waals surface area contributed by atoms with Crippen molar-refractivity contribution < 1.29 is 48.8 Å². The zero-order chi connectivity index (χ0) is 11.4. The predicted molar refractivity (Wildman–Crippen MR) is 57.6 cm³/mol. The van der Waals surface area contributed by atoms with Gasteiger partial charge in [0.25, 0.3) is 0 Å². The monoisotopic (exact) mass is 248 g/mol. The third-order valence-electron chi connectivity index (χ3n) is 1.60. The van der Waals surface area contributed by atoms with Gasteiger partial charge in [0.05, 0.1) is 0 Å². The number of unbranched alkanes of at least 4 members (excludes halogenated alkanes) is 6. The van der Waals surface area contributed by atoms with Crippen LogP contribution in [-0.2, 0) is 4.57 Å². The Balaban J connectivity index is -0.000000208. The quantitative estimate of drug-likeness (QED) is 0.260. The molecule has 0 aliphatic heterocycles. The van der Waals surface area contributed by atoms with Gasteiger partial charge >= 0.3 is 37.4 Å². The van der Waals surface area contributed by atoms with Crippen LogP contribution in [0.4, 0.5) is 0 Å². The molecule has 0 aliphatic carbocycles. The smallest absolute Gasteiger partial charge is 0.343 e. The van der Waals surface area contributed by atoms with Crippen LogP contribution < -0.4 is 29.6 Å². The molecule has 15 heavy (non-hydrogen) atoms. The standard InChI is InChI=1S/C9H19.Na.H3O4P/c1-3-5-7-9-8-6-4-2;;1-5(2,3)4/h1,3-9H2,2H3;;(H3,1,2,3,4)/q-1;+1;. The molecule has 88 valence electrons. The minimum Gasteiger partial charge on any atom is -0.343 e. The number of rotatable bonds is 6. The first kappa shape index (κ1) is 21.4. The first-order chi connectivity index (χ1) is 6.41. The summed E-state index contributed by atoms with van der Waals surface area (Å²) in [5.74, 6) is 0. The van der Waals surface area contributed by atoms with Gasteiger partial charge in [-0.05, 0) is 0 Å². The summed E-state index contributed by atoms with van der Waals surface area (Å²) >= 11 is 0. The van der Waals surface area contributed by atoms with Gasteiger partial charge in [-0.3, -0.25) is 0 Å². The maximum absolute atomic E-state index is 8.88. The number of hydrogen-bond acceptors (Lipinski definition) is 1. The molecule has 0 saturated carbocycles. The Bertz CT molecular complexity index is 135. The first-order valence-electron chi connectivity index (χ1n) is 4.99. The molecule has 0 rings (SSSR count). The SMILES string of the molecule is O=P(O)(O)O.[CH2-]CCCCCCCC.[Na+]. The van der Waals surface area contributed by atoms with E-state index in [1.165, 1.54) is 38.5 Å². The van der Waals surface area contributed by atoms with E-state index >= 15 is 0 Å². The van der Waals surface area contributed by atoms with Crippen LogP contribution in [0.25, 0.3) is 0 Å². The van der Waals surface area contributed by atoms with Crippen molar-refractivity contribution in [2.75, 3.05) is 0 Å². The van der Waals surface area contributed by atoms with Crippen molar-refractivity contribution >= 4 is 7.82 Å². The van der Waals surface area contributed by atoms with Crippen molar-refractivity contribution in [1.29, 1.82) is 0 Å². The van der Waals surface area contributed by atoms with Crippen molar-refractivity contribution in [3.8, 4) is 0 Å². The van der Waals surface area contributed by atoms with E-state index in [4.69, 9.17) is 19.2 Å². The second-order valence-electron chi connectivity index (χ2n) is 3.13. The summed E-state index contributed by atoms with van der Waals surface area (Å²) in [5, 5.41) is 0. The van der Waals surface area contributed by atoms with E-state index in [0.29, 0.717) is 0 Å². The van der Waals surface area contributed by atoms with E-state index < -0.39 is 7.82 Å². The van der Waals surface area contributed by atoms with E-state index in [-0.39, 0.29) is 29.6 Å². The molecule has 0 bridgehead atoms. The van der Waals surface area contributed by atoms with Crippen LogP contribution in [0, 0.1) is 6.92 Å². The molecule has 0 saturated heterocycles. The zero-order valence-corrected chi connectivity index (χ0v) is 12.7. The van der Waals surface area contributed by atoms with Gasteiger partial charge in [0.2, 0.25) is 0 Å². The van der Waals surface area contributed by atoms with E-state index in [1.54, 1.807) is 0 Å². The predicted octanol–water partition coefficient (Wildman–Crippen LogP) is -0.354. The molecule has 0 aromatic heterocycles. The van der Waals surface area contributed by atoms with Gasteiger partial charge in [-0.2, -0.15) is 6.42 Å². The summed E-state index contributed by atoms with van der Waals surface area (Å²) < 4.78 is 8.88. The fraction of sp³-hybridized carbons (Fsp3) is 0.889. The van der Waals surface area contributed by atoms with E-state index in [1.807, 2.05) is 0 Å². The Labute approximate surface area is 115 Å². The largest absolute Gasteiger partial charge is 1.00 e. The molecule has 0 aliphatic rings. The van der Waals surface area contributed by atoms with Gasteiger partial charge in [-0.15, -0.1) is 0 Å². The molecule has 0 spiro atoms. The summed E-state index contributed by atoms with van der Waals surface area (Å²) in [6.07, 6.45) is 9.45. The summed E-state index contributed by atoms with van der Waals surface area (Å²) in [6, 6.07) is 0. The molecule has 0 heterocycles. The van der Waals surface area contributed by atoms with Crippen LogP contribution in [0.2, 0.25) is 0 Å². The van der Waals surface area contributed by atoms with Crippen LogP contribution in [0.5, 0.6) is 0 Å².